The summed E-state index contributed by atoms with van der Waals surface area (Å²) in [5, 5.41) is 3.08. The molecular weight excluding hydrogens is 302 g/mol. The predicted octanol–water partition coefficient (Wildman–Crippen LogP) is 1.27. The van der Waals surface area contributed by atoms with Crippen LogP contribution in [0, 0.1) is 5.92 Å². The number of imidazole rings is 1. The SMILES string of the molecule is Cn1c(CCCNC(=O)C2NNC3CCCC32)nc2ccccc21. The molecule has 0 radical (unpaired) electrons. The lowest BCUT2D eigenvalue weighted by atomic mass is 9.97. The van der Waals surface area contributed by atoms with Gasteiger partial charge in [0.2, 0.25) is 5.91 Å². The van der Waals surface area contributed by atoms with Gasteiger partial charge in [-0.25, -0.2) is 10.4 Å². The molecule has 2 aliphatic rings. The van der Waals surface area contributed by atoms with Crippen LogP contribution in [-0.4, -0.2) is 34.1 Å². The molecule has 2 fully saturated rings. The van der Waals surface area contributed by atoms with Crippen molar-refractivity contribution in [2.75, 3.05) is 6.54 Å². The van der Waals surface area contributed by atoms with Crippen molar-refractivity contribution in [3.63, 3.8) is 0 Å². The van der Waals surface area contributed by atoms with Crippen molar-refractivity contribution in [3.8, 4) is 0 Å². The van der Waals surface area contributed by atoms with Crippen LogP contribution in [0.5, 0.6) is 0 Å². The molecule has 1 aliphatic heterocycles. The summed E-state index contributed by atoms with van der Waals surface area (Å²) in [7, 11) is 2.05. The van der Waals surface area contributed by atoms with Gasteiger partial charge in [0.25, 0.3) is 0 Å². The molecule has 2 aromatic rings. The molecule has 3 unspecified atom stereocenters. The van der Waals surface area contributed by atoms with E-state index < -0.39 is 0 Å². The number of hydrogen-bond acceptors (Lipinski definition) is 4. The molecular formula is C18H25N5O. The minimum absolute atomic E-state index is 0.0757. The van der Waals surface area contributed by atoms with Crippen LogP contribution in [0.2, 0.25) is 0 Å². The summed E-state index contributed by atoms with van der Waals surface area (Å²) in [4.78, 5) is 17.1. The predicted molar refractivity (Wildman–Crippen MR) is 93.2 cm³/mol. The molecule has 2 heterocycles. The second-order valence-corrected chi connectivity index (χ2v) is 6.94. The Morgan fingerprint density at radius 3 is 3.08 bits per heavy atom. The Morgan fingerprint density at radius 2 is 2.21 bits per heavy atom. The number of nitrogens with one attached hydrogen (secondary N) is 3. The van der Waals surface area contributed by atoms with Crippen molar-refractivity contribution >= 4 is 16.9 Å². The van der Waals surface area contributed by atoms with Crippen LogP contribution in [0.3, 0.4) is 0 Å². The lowest BCUT2D eigenvalue weighted by Gasteiger charge is -2.16. The first-order valence-electron chi connectivity index (χ1n) is 8.93. The van der Waals surface area contributed by atoms with Gasteiger partial charge in [0.15, 0.2) is 0 Å². The summed E-state index contributed by atoms with van der Waals surface area (Å²) < 4.78 is 2.14. The summed E-state index contributed by atoms with van der Waals surface area (Å²) in [6.45, 7) is 0.692. The monoisotopic (exact) mass is 327 g/mol. The topological polar surface area (TPSA) is 71.0 Å². The Labute approximate surface area is 142 Å². The van der Waals surface area contributed by atoms with Gasteiger partial charge in [0.1, 0.15) is 11.9 Å². The van der Waals surface area contributed by atoms with Gasteiger partial charge in [-0.2, -0.15) is 0 Å². The van der Waals surface area contributed by atoms with Gasteiger partial charge in [0.05, 0.1) is 11.0 Å². The highest BCUT2D eigenvalue weighted by molar-refractivity contribution is 5.82. The molecule has 1 aromatic heterocycles. The third-order valence-electron chi connectivity index (χ3n) is 5.46. The largest absolute Gasteiger partial charge is 0.355 e. The summed E-state index contributed by atoms with van der Waals surface area (Å²) in [6.07, 6.45) is 5.31. The standard InChI is InChI=1S/C18H25N5O/c1-23-15-9-3-2-7-14(15)20-16(23)10-5-11-19-18(24)17-12-6-4-8-13(12)21-22-17/h2-3,7,9,12-13,17,21-22H,4-6,8,10-11H2,1H3,(H,19,24). The highest BCUT2D eigenvalue weighted by Crippen LogP contribution is 2.31. The van der Waals surface area contributed by atoms with Crippen molar-refractivity contribution in [2.24, 2.45) is 13.0 Å². The number of fused-ring (bicyclic) bond motifs is 2. The van der Waals surface area contributed by atoms with E-state index in [0.29, 0.717) is 18.5 Å². The summed E-state index contributed by atoms with van der Waals surface area (Å²) in [5.74, 6) is 1.65. The van der Waals surface area contributed by atoms with Crippen molar-refractivity contribution in [2.45, 2.75) is 44.2 Å². The molecule has 3 atom stereocenters. The number of rotatable bonds is 5. The normalized spacial score (nSPS) is 26.0. The molecule has 1 saturated heterocycles. The van der Waals surface area contributed by atoms with Gasteiger partial charge in [-0.1, -0.05) is 18.6 Å². The zero-order valence-corrected chi connectivity index (χ0v) is 14.1. The van der Waals surface area contributed by atoms with Crippen LogP contribution in [0.15, 0.2) is 24.3 Å². The minimum Gasteiger partial charge on any atom is -0.355 e. The first-order valence-corrected chi connectivity index (χ1v) is 8.93. The van der Waals surface area contributed by atoms with Gasteiger partial charge in [-0.15, -0.1) is 0 Å². The van der Waals surface area contributed by atoms with E-state index in [1.807, 2.05) is 18.2 Å². The van der Waals surface area contributed by atoms with E-state index in [-0.39, 0.29) is 11.9 Å². The third-order valence-corrected chi connectivity index (χ3v) is 5.46. The van der Waals surface area contributed by atoms with E-state index >= 15 is 0 Å². The van der Waals surface area contributed by atoms with Gasteiger partial charge >= 0.3 is 0 Å². The zero-order valence-electron chi connectivity index (χ0n) is 14.1. The van der Waals surface area contributed by atoms with Crippen LogP contribution in [0.4, 0.5) is 0 Å². The Kier molecular flexibility index (Phi) is 4.24. The number of amides is 1. The van der Waals surface area contributed by atoms with Crippen LogP contribution in [0.1, 0.15) is 31.5 Å². The molecule has 24 heavy (non-hydrogen) atoms. The Hall–Kier alpha value is -1.92. The van der Waals surface area contributed by atoms with Crippen molar-refractivity contribution < 1.29 is 4.79 Å². The lowest BCUT2D eigenvalue weighted by Crippen LogP contribution is -2.46. The number of benzene rings is 1. The first-order chi connectivity index (χ1) is 11.7. The average molecular weight is 327 g/mol. The number of hydrazine groups is 1. The number of hydrogen-bond donors (Lipinski definition) is 3. The molecule has 1 aliphatic carbocycles. The number of para-hydroxylation sites is 2. The molecule has 1 aromatic carbocycles. The van der Waals surface area contributed by atoms with Gasteiger partial charge < -0.3 is 9.88 Å². The quantitative estimate of drug-likeness (QED) is 0.723. The first kappa shape index (κ1) is 15.6. The number of aromatic nitrogens is 2. The summed E-state index contributed by atoms with van der Waals surface area (Å²) >= 11 is 0. The number of carbonyl (C=O) groups excluding carboxylic acids is 1. The number of carbonyl (C=O) groups is 1. The molecule has 6 nitrogen and oxygen atoms in total. The molecule has 0 spiro atoms. The number of nitrogens with zero attached hydrogens (tertiary/aromatic N) is 2. The summed E-state index contributed by atoms with van der Waals surface area (Å²) in [6, 6.07) is 8.57. The highest BCUT2D eigenvalue weighted by Gasteiger charge is 2.42. The molecule has 128 valence electrons. The molecule has 0 bridgehead atoms. The van der Waals surface area contributed by atoms with Crippen molar-refractivity contribution in [1.82, 2.24) is 25.7 Å². The molecule has 1 amide bonds. The van der Waals surface area contributed by atoms with Gasteiger partial charge in [-0.05, 0) is 31.4 Å². The third kappa shape index (κ3) is 2.80. The fourth-order valence-corrected chi connectivity index (χ4v) is 4.12. The van der Waals surface area contributed by atoms with E-state index in [2.05, 4.69) is 38.8 Å². The average Bonchev–Trinajstić information content (AvgIpc) is 3.27. The van der Waals surface area contributed by atoms with Crippen LogP contribution in [0.25, 0.3) is 11.0 Å². The fourth-order valence-electron chi connectivity index (χ4n) is 4.12. The zero-order chi connectivity index (χ0) is 16.5. The van der Waals surface area contributed by atoms with Crippen molar-refractivity contribution in [1.29, 1.82) is 0 Å². The second-order valence-electron chi connectivity index (χ2n) is 6.94. The van der Waals surface area contributed by atoms with Gasteiger partial charge in [0, 0.05) is 32.0 Å². The van der Waals surface area contributed by atoms with Crippen LogP contribution in [-0.2, 0) is 18.3 Å². The van der Waals surface area contributed by atoms with Gasteiger partial charge in [-0.3, -0.25) is 10.2 Å². The van der Waals surface area contributed by atoms with E-state index in [9.17, 15) is 4.79 Å². The van der Waals surface area contributed by atoms with E-state index in [4.69, 9.17) is 0 Å². The lowest BCUT2D eigenvalue weighted by molar-refractivity contribution is -0.123. The minimum atomic E-state index is -0.0757. The maximum atomic E-state index is 12.4. The fraction of sp³-hybridized carbons (Fsp3) is 0.556. The maximum absolute atomic E-state index is 12.4. The van der Waals surface area contributed by atoms with E-state index in [1.165, 1.54) is 12.8 Å². The molecule has 4 rings (SSSR count). The second kappa shape index (κ2) is 6.53. The van der Waals surface area contributed by atoms with E-state index in [1.54, 1.807) is 0 Å². The highest BCUT2D eigenvalue weighted by atomic mass is 16.2. The summed E-state index contributed by atoms with van der Waals surface area (Å²) in [5.41, 5.74) is 8.62. The molecule has 1 saturated carbocycles. The molecule has 6 heteroatoms. The Balaban J connectivity index is 1.28. The number of aryl methyl sites for hydroxylation is 2. The Bertz CT molecular complexity index is 740. The maximum Gasteiger partial charge on any atom is 0.238 e. The van der Waals surface area contributed by atoms with Crippen LogP contribution < -0.4 is 16.2 Å². The smallest absolute Gasteiger partial charge is 0.238 e. The van der Waals surface area contributed by atoms with Crippen molar-refractivity contribution in [3.05, 3.63) is 30.1 Å². The van der Waals surface area contributed by atoms with Crippen LogP contribution >= 0.6 is 0 Å². The molecule has 3 N–H and O–H groups in total. The van der Waals surface area contributed by atoms with E-state index in [0.717, 1.165) is 36.1 Å². The Morgan fingerprint density at radius 1 is 1.33 bits per heavy atom.